The van der Waals surface area contributed by atoms with Gasteiger partial charge in [0.1, 0.15) is 0 Å². The van der Waals surface area contributed by atoms with Crippen LogP contribution < -0.4 is 0 Å². The highest BCUT2D eigenvalue weighted by Gasteiger charge is 2.75. The first-order valence-corrected chi connectivity index (χ1v) is 5.16. The topological polar surface area (TPSA) is 74.6 Å². The molecule has 0 spiro atoms. The minimum atomic E-state index is -6.61. The molecule has 1 atom stereocenters. The van der Waals surface area contributed by atoms with Crippen LogP contribution in [-0.4, -0.2) is 46.3 Å². The van der Waals surface area contributed by atoms with Crippen LogP contribution in [0.2, 0.25) is 0 Å². The van der Waals surface area contributed by atoms with E-state index >= 15 is 0 Å². The van der Waals surface area contributed by atoms with Crippen LogP contribution in [0.25, 0.3) is 0 Å². The molecule has 0 fully saturated rings. The van der Waals surface area contributed by atoms with E-state index in [2.05, 4.69) is 6.58 Å². The third-order valence-corrected chi connectivity index (χ3v) is 2.61. The molecule has 0 rings (SSSR count). The molecule has 0 amide bonds. The van der Waals surface area contributed by atoms with E-state index in [4.69, 9.17) is 10.2 Å². The van der Waals surface area contributed by atoms with E-state index < -0.39 is 54.0 Å². The van der Waals surface area contributed by atoms with Crippen molar-refractivity contribution in [3.05, 3.63) is 12.2 Å². The van der Waals surface area contributed by atoms with Crippen molar-refractivity contribution in [1.29, 1.82) is 0 Å². The van der Waals surface area contributed by atoms with Crippen molar-refractivity contribution in [2.45, 2.75) is 30.6 Å². The molecule has 0 radical (unpaired) electrons. The first-order valence-electron chi connectivity index (χ1n) is 5.16. The number of hydrogen-bond donors (Lipinski definition) is 2. The number of carboxylic acid groups (broad SMARTS) is 2. The number of rotatable bonds is 8. The van der Waals surface area contributed by atoms with Gasteiger partial charge in [-0.1, -0.05) is 6.58 Å². The van der Waals surface area contributed by atoms with Crippen molar-refractivity contribution in [3.63, 3.8) is 0 Å². The van der Waals surface area contributed by atoms with Crippen molar-refractivity contribution in [2.75, 3.05) is 0 Å². The maximum Gasteiger partial charge on any atom is 0.377 e. The Balaban J connectivity index is 5.68. The Morgan fingerprint density at radius 3 is 1.68 bits per heavy atom. The summed E-state index contributed by atoms with van der Waals surface area (Å²) < 4.78 is 101. The Kier molecular flexibility index (Phi) is 5.56. The Hall–Kier alpha value is -1.88. The van der Waals surface area contributed by atoms with Crippen LogP contribution in [0.5, 0.6) is 0 Å². The summed E-state index contributed by atoms with van der Waals surface area (Å²) in [7, 11) is 0. The fourth-order valence-corrected chi connectivity index (χ4v) is 1.27. The first-order chi connectivity index (χ1) is 9.59. The average Bonchev–Trinajstić information content (AvgIpc) is 2.33. The molecule has 128 valence electrons. The number of carbonyl (C=O) groups is 2. The Bertz CT molecular complexity index is 474. The molecule has 0 aliphatic rings. The molecule has 0 aliphatic carbocycles. The Morgan fingerprint density at radius 2 is 1.41 bits per heavy atom. The number of carboxylic acids is 2. The molecule has 0 saturated heterocycles. The lowest BCUT2D eigenvalue weighted by atomic mass is 9.89. The third-order valence-electron chi connectivity index (χ3n) is 2.61. The zero-order chi connectivity index (χ0) is 18.1. The van der Waals surface area contributed by atoms with Gasteiger partial charge in [-0.2, -0.15) is 26.3 Å². The fourth-order valence-electron chi connectivity index (χ4n) is 1.27. The number of alkyl halides is 8. The van der Waals surface area contributed by atoms with Gasteiger partial charge in [0, 0.05) is 12.0 Å². The minimum absolute atomic E-state index is 1.50. The maximum absolute atomic E-state index is 13.2. The summed E-state index contributed by atoms with van der Waals surface area (Å²) in [4.78, 5) is 21.0. The van der Waals surface area contributed by atoms with Gasteiger partial charge in [0.15, 0.2) is 0 Å². The van der Waals surface area contributed by atoms with E-state index in [0.29, 0.717) is 0 Å². The predicted octanol–water partition coefficient (Wildman–Crippen LogP) is 2.89. The van der Waals surface area contributed by atoms with E-state index in [0.717, 1.165) is 0 Å². The summed E-state index contributed by atoms with van der Waals surface area (Å²) in [6, 6.07) is 0. The molecule has 0 aromatic rings. The zero-order valence-corrected chi connectivity index (χ0v) is 10.3. The molecule has 22 heavy (non-hydrogen) atoms. The van der Waals surface area contributed by atoms with Gasteiger partial charge in [-0.15, -0.1) is 0 Å². The highest BCUT2D eigenvalue weighted by molar-refractivity contribution is 5.93. The van der Waals surface area contributed by atoms with Gasteiger partial charge in [0.2, 0.25) is 0 Å². The highest BCUT2D eigenvalue weighted by Crippen LogP contribution is 2.51. The molecule has 2 N–H and O–H groups in total. The second-order valence-electron chi connectivity index (χ2n) is 4.13. The van der Waals surface area contributed by atoms with Gasteiger partial charge in [-0.3, -0.25) is 4.79 Å². The number of halogens is 8. The van der Waals surface area contributed by atoms with Crippen LogP contribution in [0.1, 0.15) is 6.42 Å². The molecule has 0 aromatic carbocycles. The van der Waals surface area contributed by atoms with Crippen molar-refractivity contribution >= 4 is 11.9 Å². The molecule has 4 nitrogen and oxygen atoms in total. The molecule has 0 bridgehead atoms. The quantitative estimate of drug-likeness (QED) is 0.525. The fraction of sp³-hybridized carbons (Fsp3) is 0.600. The van der Waals surface area contributed by atoms with Crippen LogP contribution >= 0.6 is 0 Å². The largest absolute Gasteiger partial charge is 0.481 e. The molecule has 0 aliphatic heterocycles. The Morgan fingerprint density at radius 1 is 1.00 bits per heavy atom. The molecular formula is C10H8F8O4. The zero-order valence-electron chi connectivity index (χ0n) is 10.3. The van der Waals surface area contributed by atoms with Crippen LogP contribution in [0, 0.1) is 5.92 Å². The smallest absolute Gasteiger partial charge is 0.377 e. The minimum Gasteiger partial charge on any atom is -0.481 e. The van der Waals surface area contributed by atoms with Crippen molar-refractivity contribution in [3.8, 4) is 0 Å². The summed E-state index contributed by atoms with van der Waals surface area (Å²) in [6.45, 7) is 2.55. The van der Waals surface area contributed by atoms with Crippen molar-refractivity contribution < 1.29 is 54.9 Å². The molecule has 12 heteroatoms. The van der Waals surface area contributed by atoms with Crippen LogP contribution in [-0.2, 0) is 9.59 Å². The van der Waals surface area contributed by atoms with Gasteiger partial charge in [-0.05, 0) is 0 Å². The lowest BCUT2D eigenvalue weighted by Gasteiger charge is -2.33. The standard InChI is InChI=1S/C10H8F8O4/c1-3(5(19)20)4(6(21)22)2-8(13,14)10(17,18)9(15,16)7(11)12/h4,7H,1-2H2,(H,19,20)(H,21,22). The van der Waals surface area contributed by atoms with Crippen molar-refractivity contribution in [2.24, 2.45) is 5.92 Å². The maximum atomic E-state index is 13.2. The second-order valence-corrected chi connectivity index (χ2v) is 4.13. The lowest BCUT2D eigenvalue weighted by molar-refractivity contribution is -0.340. The molecule has 0 saturated carbocycles. The number of aliphatic carboxylic acids is 2. The summed E-state index contributed by atoms with van der Waals surface area (Å²) >= 11 is 0. The van der Waals surface area contributed by atoms with Gasteiger partial charge in [-0.25, -0.2) is 13.6 Å². The first kappa shape index (κ1) is 20.1. The summed E-state index contributed by atoms with van der Waals surface area (Å²) in [5.74, 6) is -26.4. The van der Waals surface area contributed by atoms with Crippen LogP contribution in [0.4, 0.5) is 35.1 Å². The normalized spacial score (nSPS) is 14.8. The number of hydrogen-bond acceptors (Lipinski definition) is 2. The molecule has 0 aromatic heterocycles. The van der Waals surface area contributed by atoms with Crippen LogP contribution in [0.15, 0.2) is 12.2 Å². The van der Waals surface area contributed by atoms with E-state index in [-0.39, 0.29) is 0 Å². The summed E-state index contributed by atoms with van der Waals surface area (Å²) in [5.41, 5.74) is -1.50. The molecule has 0 heterocycles. The van der Waals surface area contributed by atoms with E-state index in [9.17, 15) is 44.7 Å². The van der Waals surface area contributed by atoms with E-state index in [1.54, 1.807) is 0 Å². The van der Waals surface area contributed by atoms with E-state index in [1.807, 2.05) is 0 Å². The third kappa shape index (κ3) is 3.47. The SMILES string of the molecule is C=C(C(=O)O)C(CC(F)(F)C(F)(F)C(F)(F)C(F)F)C(=O)O. The van der Waals surface area contributed by atoms with Gasteiger partial charge in [0.25, 0.3) is 0 Å². The highest BCUT2D eigenvalue weighted by atomic mass is 19.4. The Labute approximate surface area is 117 Å². The summed E-state index contributed by atoms with van der Waals surface area (Å²) in [6.07, 6.45) is -7.80. The monoisotopic (exact) mass is 344 g/mol. The van der Waals surface area contributed by atoms with Crippen LogP contribution in [0.3, 0.4) is 0 Å². The lowest BCUT2D eigenvalue weighted by Crippen LogP contribution is -2.58. The van der Waals surface area contributed by atoms with Gasteiger partial charge < -0.3 is 10.2 Å². The summed E-state index contributed by atoms with van der Waals surface area (Å²) in [5, 5.41) is 16.9. The molecule has 1 unspecified atom stereocenters. The average molecular weight is 344 g/mol. The van der Waals surface area contributed by atoms with Gasteiger partial charge >= 0.3 is 36.1 Å². The predicted molar refractivity (Wildman–Crippen MR) is 53.4 cm³/mol. The van der Waals surface area contributed by atoms with Gasteiger partial charge in [0.05, 0.1) is 5.92 Å². The van der Waals surface area contributed by atoms with E-state index in [1.165, 1.54) is 0 Å². The second kappa shape index (κ2) is 6.08. The molecular weight excluding hydrogens is 336 g/mol. The van der Waals surface area contributed by atoms with Crippen molar-refractivity contribution in [1.82, 2.24) is 0 Å².